The quantitative estimate of drug-likeness (QED) is 0.236. The average molecular weight is 436 g/mol. The van der Waals surface area contributed by atoms with Gasteiger partial charge in [-0.1, -0.05) is 48.0 Å². The summed E-state index contributed by atoms with van der Waals surface area (Å²) in [4.78, 5) is 0. The molecule has 160 valence electrons. The number of aryl methyl sites for hydroxylation is 1. The Kier molecular flexibility index (Phi) is 6.63. The van der Waals surface area contributed by atoms with Crippen LogP contribution in [0.15, 0.2) is 85.5 Å². The number of hydrogen-bond donors (Lipinski definition) is 0. The largest absolute Gasteiger partial charge is 0.206 e. The number of hydrogen-bond acceptors (Lipinski definition) is 0. The van der Waals surface area contributed by atoms with Crippen LogP contribution < -0.4 is 0 Å². The molecule has 3 heteroatoms. The zero-order valence-corrected chi connectivity index (χ0v) is 17.8. The van der Waals surface area contributed by atoms with Crippen molar-refractivity contribution in [2.45, 2.75) is 12.8 Å². The lowest BCUT2D eigenvalue weighted by molar-refractivity contribution is 0.511. The molecule has 4 aromatic rings. The Labute approximate surface area is 191 Å². The van der Waals surface area contributed by atoms with Gasteiger partial charge in [0.1, 0.15) is 5.82 Å². The van der Waals surface area contributed by atoms with Gasteiger partial charge >= 0.3 is 0 Å². The van der Waals surface area contributed by atoms with Crippen molar-refractivity contribution in [3.63, 3.8) is 0 Å². The van der Waals surface area contributed by atoms with Gasteiger partial charge in [0.15, 0.2) is 11.6 Å². The molecule has 0 aliphatic heterocycles. The second kappa shape index (κ2) is 9.94. The van der Waals surface area contributed by atoms with E-state index in [-0.39, 0.29) is 5.56 Å². The van der Waals surface area contributed by atoms with Crippen molar-refractivity contribution in [3.8, 4) is 23.7 Å². The lowest BCUT2D eigenvalue weighted by atomic mass is 10.1. The molecule has 0 atom stereocenters. The van der Waals surface area contributed by atoms with Gasteiger partial charge in [0.25, 0.3) is 0 Å². The summed E-state index contributed by atoms with van der Waals surface area (Å²) in [6, 6.07) is 19.9. The molecule has 0 spiro atoms. The zero-order valence-electron chi connectivity index (χ0n) is 17.8. The fourth-order valence-electron chi connectivity index (χ4n) is 3.32. The summed E-state index contributed by atoms with van der Waals surface area (Å²) < 4.78 is 41.4. The number of rotatable bonds is 3. The van der Waals surface area contributed by atoms with Crippen LogP contribution in [-0.4, -0.2) is 0 Å². The first-order valence-electron chi connectivity index (χ1n) is 10.4. The van der Waals surface area contributed by atoms with Crippen LogP contribution >= 0.6 is 0 Å². The van der Waals surface area contributed by atoms with E-state index in [2.05, 4.69) is 30.3 Å². The van der Waals surface area contributed by atoms with Crippen molar-refractivity contribution in [2.75, 3.05) is 0 Å². The normalized spacial score (nSPS) is 10.2. The van der Waals surface area contributed by atoms with Crippen molar-refractivity contribution in [2.24, 2.45) is 0 Å². The van der Waals surface area contributed by atoms with E-state index in [1.165, 1.54) is 11.6 Å². The van der Waals surface area contributed by atoms with E-state index < -0.39 is 17.5 Å². The molecule has 0 aromatic heterocycles. The Morgan fingerprint density at radius 3 is 1.94 bits per heavy atom. The van der Waals surface area contributed by atoms with Crippen molar-refractivity contribution < 1.29 is 13.2 Å². The minimum atomic E-state index is -0.918. The van der Waals surface area contributed by atoms with Crippen LogP contribution in [0.2, 0.25) is 0 Å². The summed E-state index contributed by atoms with van der Waals surface area (Å²) in [5.74, 6) is 9.41. The molecule has 0 aliphatic rings. The lowest BCUT2D eigenvalue weighted by Gasteiger charge is -2.00. The molecule has 0 fully saturated rings. The SMILES string of the molecule is C=CCCc1ccc(C#Cc2ccc(C#Cc3ccc4cc(F)c(F)cc4c3)c(F)c2)cc1. The third kappa shape index (κ3) is 5.53. The molecule has 0 N–H and O–H groups in total. The summed E-state index contributed by atoms with van der Waals surface area (Å²) in [5.41, 5.74) is 3.44. The molecule has 0 heterocycles. The molecule has 0 radical (unpaired) electrons. The number of allylic oxidation sites excluding steroid dienone is 1. The second-order valence-corrected chi connectivity index (χ2v) is 7.55. The molecular weight excluding hydrogens is 417 g/mol. The van der Waals surface area contributed by atoms with E-state index in [1.807, 2.05) is 30.3 Å². The lowest BCUT2D eigenvalue weighted by Crippen LogP contribution is -1.87. The molecule has 0 nitrogen and oxygen atoms in total. The third-order valence-corrected chi connectivity index (χ3v) is 5.13. The van der Waals surface area contributed by atoms with Gasteiger partial charge in [-0.05, 0) is 83.8 Å². The fraction of sp³-hybridized carbons (Fsp3) is 0.0667. The Morgan fingerprint density at radius 1 is 0.606 bits per heavy atom. The summed E-state index contributed by atoms with van der Waals surface area (Å²) >= 11 is 0. The molecule has 0 unspecified atom stereocenters. The monoisotopic (exact) mass is 436 g/mol. The van der Waals surface area contributed by atoms with E-state index in [0.29, 0.717) is 21.9 Å². The smallest absolute Gasteiger partial charge is 0.159 e. The molecule has 0 saturated carbocycles. The van der Waals surface area contributed by atoms with Gasteiger partial charge in [0.2, 0.25) is 0 Å². The second-order valence-electron chi connectivity index (χ2n) is 7.55. The molecule has 33 heavy (non-hydrogen) atoms. The van der Waals surface area contributed by atoms with Crippen LogP contribution in [0, 0.1) is 41.1 Å². The first kappa shape index (κ1) is 22.0. The summed E-state index contributed by atoms with van der Waals surface area (Å²) in [5, 5.41) is 1.10. The standard InChI is InChI=1S/C30H19F3/c1-2-3-4-21-5-7-22(8-6-21)9-10-24-12-15-25(28(31)18-24)14-11-23-13-16-26-19-29(32)30(33)20-27(26)17-23/h2,5-8,12-13,15-20H,1,3-4H2. The van der Waals surface area contributed by atoms with Crippen LogP contribution in [0.5, 0.6) is 0 Å². The molecule has 0 bridgehead atoms. The van der Waals surface area contributed by atoms with Gasteiger partial charge in [0.05, 0.1) is 5.56 Å². The van der Waals surface area contributed by atoms with Crippen LogP contribution in [0.4, 0.5) is 13.2 Å². The minimum Gasteiger partial charge on any atom is -0.206 e. The highest BCUT2D eigenvalue weighted by atomic mass is 19.2. The van der Waals surface area contributed by atoms with Crippen molar-refractivity contribution in [1.82, 2.24) is 0 Å². The van der Waals surface area contributed by atoms with Gasteiger partial charge < -0.3 is 0 Å². The summed E-state index contributed by atoms with van der Waals surface area (Å²) in [7, 11) is 0. The molecule has 4 rings (SSSR count). The fourth-order valence-corrected chi connectivity index (χ4v) is 3.32. The van der Waals surface area contributed by atoms with Gasteiger partial charge in [-0.2, -0.15) is 0 Å². The maximum absolute atomic E-state index is 14.5. The van der Waals surface area contributed by atoms with Gasteiger partial charge in [0, 0.05) is 16.7 Å². The van der Waals surface area contributed by atoms with Gasteiger partial charge in [-0.25, -0.2) is 13.2 Å². The zero-order chi connectivity index (χ0) is 23.2. The highest BCUT2D eigenvalue weighted by Gasteiger charge is 2.04. The predicted molar refractivity (Wildman–Crippen MR) is 127 cm³/mol. The van der Waals surface area contributed by atoms with E-state index in [0.717, 1.165) is 30.5 Å². The third-order valence-electron chi connectivity index (χ3n) is 5.13. The van der Waals surface area contributed by atoms with Crippen LogP contribution in [0.3, 0.4) is 0 Å². The maximum Gasteiger partial charge on any atom is 0.159 e. The van der Waals surface area contributed by atoms with Gasteiger partial charge in [-0.15, -0.1) is 6.58 Å². The number of fused-ring (bicyclic) bond motifs is 1. The Hall–Kier alpha value is -4.21. The Balaban J connectivity index is 1.51. The van der Waals surface area contributed by atoms with E-state index in [1.54, 1.807) is 30.3 Å². The van der Waals surface area contributed by atoms with Crippen molar-refractivity contribution in [1.29, 1.82) is 0 Å². The first-order valence-corrected chi connectivity index (χ1v) is 10.4. The Bertz CT molecular complexity index is 1460. The predicted octanol–water partition coefficient (Wildman–Crippen LogP) is 7.18. The van der Waals surface area contributed by atoms with Crippen LogP contribution in [0.25, 0.3) is 10.8 Å². The summed E-state index contributed by atoms with van der Waals surface area (Å²) in [6.07, 6.45) is 3.76. The molecule has 0 aliphatic carbocycles. The molecule has 0 saturated heterocycles. The van der Waals surface area contributed by atoms with Crippen molar-refractivity contribution in [3.05, 3.63) is 131 Å². The maximum atomic E-state index is 14.5. The van der Waals surface area contributed by atoms with E-state index in [9.17, 15) is 13.2 Å². The highest BCUT2D eigenvalue weighted by molar-refractivity contribution is 5.84. The Morgan fingerprint density at radius 2 is 1.21 bits per heavy atom. The van der Waals surface area contributed by atoms with E-state index in [4.69, 9.17) is 0 Å². The van der Waals surface area contributed by atoms with E-state index >= 15 is 0 Å². The number of benzene rings is 4. The first-order chi connectivity index (χ1) is 16.0. The van der Waals surface area contributed by atoms with Crippen LogP contribution in [-0.2, 0) is 6.42 Å². The highest BCUT2D eigenvalue weighted by Crippen LogP contribution is 2.20. The summed E-state index contributed by atoms with van der Waals surface area (Å²) in [6.45, 7) is 3.73. The van der Waals surface area contributed by atoms with Gasteiger partial charge in [-0.3, -0.25) is 0 Å². The minimum absolute atomic E-state index is 0.234. The molecule has 0 amide bonds. The molecular formula is C30H19F3. The van der Waals surface area contributed by atoms with Crippen LogP contribution in [0.1, 0.15) is 34.2 Å². The topological polar surface area (TPSA) is 0 Å². The molecule has 4 aromatic carbocycles. The van der Waals surface area contributed by atoms with Crippen molar-refractivity contribution >= 4 is 10.8 Å². The average Bonchev–Trinajstić information content (AvgIpc) is 2.82. The number of halogens is 3.